The Hall–Kier alpha value is -0.570. The molecular formula is C12H24N2O. The lowest BCUT2D eigenvalue weighted by molar-refractivity contribution is -0.122. The number of carbonyl (C=O) groups excluding carboxylic acids is 1. The van der Waals surface area contributed by atoms with Crippen LogP contribution in [0.4, 0.5) is 0 Å². The molecule has 1 fully saturated rings. The number of rotatable bonds is 5. The summed E-state index contributed by atoms with van der Waals surface area (Å²) in [6.45, 7) is 6.40. The molecule has 0 aromatic heterocycles. The summed E-state index contributed by atoms with van der Waals surface area (Å²) in [5, 5.41) is 6.36. The van der Waals surface area contributed by atoms with Gasteiger partial charge in [0.15, 0.2) is 0 Å². The van der Waals surface area contributed by atoms with Crippen LogP contribution in [-0.4, -0.2) is 25.0 Å². The molecule has 1 aliphatic heterocycles. The summed E-state index contributed by atoms with van der Waals surface area (Å²) in [5.41, 5.74) is 0. The van der Waals surface area contributed by atoms with E-state index in [1.54, 1.807) is 0 Å². The minimum absolute atomic E-state index is 0.225. The van der Waals surface area contributed by atoms with Crippen LogP contribution in [0.2, 0.25) is 0 Å². The van der Waals surface area contributed by atoms with Crippen LogP contribution in [-0.2, 0) is 4.79 Å². The van der Waals surface area contributed by atoms with E-state index in [-0.39, 0.29) is 5.91 Å². The van der Waals surface area contributed by atoms with Gasteiger partial charge in [-0.3, -0.25) is 4.79 Å². The summed E-state index contributed by atoms with van der Waals surface area (Å²) in [5.74, 6) is 0.983. The number of nitrogens with one attached hydrogen (secondary N) is 2. The third kappa shape index (κ3) is 5.17. The normalized spacial score (nSPS) is 19.9. The van der Waals surface area contributed by atoms with Gasteiger partial charge < -0.3 is 10.6 Å². The summed E-state index contributed by atoms with van der Waals surface area (Å²) in [7, 11) is 0. The van der Waals surface area contributed by atoms with Crippen molar-refractivity contribution in [1.82, 2.24) is 10.6 Å². The summed E-state index contributed by atoms with van der Waals surface area (Å²) < 4.78 is 0. The van der Waals surface area contributed by atoms with Crippen molar-refractivity contribution < 1.29 is 4.79 Å². The Morgan fingerprint density at radius 1 is 1.47 bits per heavy atom. The predicted molar refractivity (Wildman–Crippen MR) is 62.7 cm³/mol. The molecule has 0 aromatic carbocycles. The maximum absolute atomic E-state index is 11.5. The van der Waals surface area contributed by atoms with E-state index in [4.69, 9.17) is 0 Å². The zero-order valence-corrected chi connectivity index (χ0v) is 10.0. The average molecular weight is 212 g/mol. The summed E-state index contributed by atoms with van der Waals surface area (Å²) >= 11 is 0. The van der Waals surface area contributed by atoms with E-state index in [0.29, 0.717) is 12.5 Å². The number of piperidine rings is 1. The standard InChI is InChI=1S/C12H24N2O/c1-3-10(2)14-12(15)5-4-11-6-8-13-9-7-11/h10-11,13H,3-9H2,1-2H3,(H,14,15). The Kier molecular flexibility index (Phi) is 5.69. The van der Waals surface area contributed by atoms with E-state index in [9.17, 15) is 4.79 Å². The molecule has 15 heavy (non-hydrogen) atoms. The van der Waals surface area contributed by atoms with Gasteiger partial charge in [0.05, 0.1) is 0 Å². The number of hydrogen-bond acceptors (Lipinski definition) is 2. The molecule has 1 rings (SSSR count). The summed E-state index contributed by atoms with van der Waals surface area (Å²) in [6.07, 6.45) is 5.24. The number of hydrogen-bond donors (Lipinski definition) is 2. The van der Waals surface area contributed by atoms with Gasteiger partial charge >= 0.3 is 0 Å². The quantitative estimate of drug-likeness (QED) is 0.728. The molecule has 1 unspecified atom stereocenters. The lowest BCUT2D eigenvalue weighted by atomic mass is 9.93. The first kappa shape index (κ1) is 12.5. The molecule has 3 nitrogen and oxygen atoms in total. The van der Waals surface area contributed by atoms with E-state index in [1.807, 2.05) is 0 Å². The molecule has 0 bridgehead atoms. The van der Waals surface area contributed by atoms with Crippen LogP contribution < -0.4 is 10.6 Å². The largest absolute Gasteiger partial charge is 0.354 e. The minimum atomic E-state index is 0.225. The van der Waals surface area contributed by atoms with Crippen LogP contribution in [0.5, 0.6) is 0 Å². The molecule has 0 saturated carbocycles. The van der Waals surface area contributed by atoms with Gasteiger partial charge in [-0.25, -0.2) is 0 Å². The van der Waals surface area contributed by atoms with Crippen molar-refractivity contribution in [2.45, 2.75) is 52.0 Å². The second-order valence-corrected chi connectivity index (χ2v) is 4.61. The molecule has 0 aliphatic carbocycles. The second-order valence-electron chi connectivity index (χ2n) is 4.61. The highest BCUT2D eigenvalue weighted by Gasteiger charge is 2.14. The van der Waals surface area contributed by atoms with Crippen LogP contribution in [0, 0.1) is 5.92 Å². The Labute approximate surface area is 93.0 Å². The van der Waals surface area contributed by atoms with Crippen molar-refractivity contribution in [3.63, 3.8) is 0 Å². The molecule has 1 heterocycles. The van der Waals surface area contributed by atoms with Gasteiger partial charge in [0.25, 0.3) is 0 Å². The van der Waals surface area contributed by atoms with E-state index >= 15 is 0 Å². The maximum Gasteiger partial charge on any atom is 0.220 e. The van der Waals surface area contributed by atoms with Crippen molar-refractivity contribution in [3.8, 4) is 0 Å². The Morgan fingerprint density at radius 3 is 2.73 bits per heavy atom. The lowest BCUT2D eigenvalue weighted by Gasteiger charge is -2.22. The fraction of sp³-hybridized carbons (Fsp3) is 0.917. The van der Waals surface area contributed by atoms with Crippen LogP contribution in [0.25, 0.3) is 0 Å². The number of amides is 1. The number of carbonyl (C=O) groups is 1. The van der Waals surface area contributed by atoms with E-state index in [1.165, 1.54) is 12.8 Å². The van der Waals surface area contributed by atoms with Crippen molar-refractivity contribution in [2.75, 3.05) is 13.1 Å². The molecule has 1 aliphatic rings. The fourth-order valence-electron chi connectivity index (χ4n) is 1.95. The summed E-state index contributed by atoms with van der Waals surface area (Å²) in [6, 6.07) is 0.325. The van der Waals surface area contributed by atoms with Gasteiger partial charge in [0.1, 0.15) is 0 Å². The van der Waals surface area contributed by atoms with Crippen LogP contribution >= 0.6 is 0 Å². The first-order valence-corrected chi connectivity index (χ1v) is 6.22. The monoisotopic (exact) mass is 212 g/mol. The zero-order chi connectivity index (χ0) is 11.1. The Balaban J connectivity index is 2.10. The second kappa shape index (κ2) is 6.83. The maximum atomic E-state index is 11.5. The van der Waals surface area contributed by atoms with Gasteiger partial charge in [-0.05, 0) is 51.6 Å². The SMILES string of the molecule is CCC(C)NC(=O)CCC1CCNCC1. The van der Waals surface area contributed by atoms with E-state index < -0.39 is 0 Å². The third-order valence-corrected chi connectivity index (χ3v) is 3.26. The molecule has 3 heteroatoms. The molecular weight excluding hydrogens is 188 g/mol. The highest BCUT2D eigenvalue weighted by molar-refractivity contribution is 5.76. The van der Waals surface area contributed by atoms with E-state index in [0.717, 1.165) is 31.8 Å². The molecule has 1 amide bonds. The smallest absolute Gasteiger partial charge is 0.220 e. The molecule has 88 valence electrons. The van der Waals surface area contributed by atoms with Gasteiger partial charge in [0, 0.05) is 12.5 Å². The van der Waals surface area contributed by atoms with E-state index in [2.05, 4.69) is 24.5 Å². The Morgan fingerprint density at radius 2 is 2.13 bits per heavy atom. The fourth-order valence-corrected chi connectivity index (χ4v) is 1.95. The van der Waals surface area contributed by atoms with Gasteiger partial charge in [-0.2, -0.15) is 0 Å². The molecule has 0 spiro atoms. The Bertz CT molecular complexity index is 188. The van der Waals surface area contributed by atoms with Gasteiger partial charge in [-0.15, -0.1) is 0 Å². The highest BCUT2D eigenvalue weighted by atomic mass is 16.1. The molecule has 2 N–H and O–H groups in total. The predicted octanol–water partition coefficient (Wildman–Crippen LogP) is 1.68. The molecule has 1 saturated heterocycles. The first-order chi connectivity index (χ1) is 7.22. The van der Waals surface area contributed by atoms with Crippen LogP contribution in [0.1, 0.15) is 46.0 Å². The first-order valence-electron chi connectivity index (χ1n) is 6.22. The highest BCUT2D eigenvalue weighted by Crippen LogP contribution is 2.17. The molecule has 0 radical (unpaired) electrons. The topological polar surface area (TPSA) is 41.1 Å². The summed E-state index contributed by atoms with van der Waals surface area (Å²) in [4.78, 5) is 11.5. The van der Waals surface area contributed by atoms with Crippen molar-refractivity contribution in [2.24, 2.45) is 5.92 Å². The average Bonchev–Trinajstić information content (AvgIpc) is 2.27. The van der Waals surface area contributed by atoms with Gasteiger partial charge in [-0.1, -0.05) is 6.92 Å². The van der Waals surface area contributed by atoms with Gasteiger partial charge in [0.2, 0.25) is 5.91 Å². The zero-order valence-electron chi connectivity index (χ0n) is 10.0. The van der Waals surface area contributed by atoms with Crippen LogP contribution in [0.15, 0.2) is 0 Å². The van der Waals surface area contributed by atoms with Crippen molar-refractivity contribution in [1.29, 1.82) is 0 Å². The van der Waals surface area contributed by atoms with Crippen LogP contribution in [0.3, 0.4) is 0 Å². The third-order valence-electron chi connectivity index (χ3n) is 3.26. The van der Waals surface area contributed by atoms with Crippen molar-refractivity contribution in [3.05, 3.63) is 0 Å². The molecule has 0 aromatic rings. The van der Waals surface area contributed by atoms with Crippen molar-refractivity contribution >= 4 is 5.91 Å². The lowest BCUT2D eigenvalue weighted by Crippen LogP contribution is -2.33. The minimum Gasteiger partial charge on any atom is -0.354 e. The molecule has 1 atom stereocenters.